The molecule has 0 spiro atoms. The lowest BCUT2D eigenvalue weighted by Crippen LogP contribution is -2.37. The second kappa shape index (κ2) is 5.55. The Kier molecular flexibility index (Phi) is 3.34. The summed E-state index contributed by atoms with van der Waals surface area (Å²) in [5.74, 6) is 0.426. The molecule has 0 aliphatic carbocycles. The first kappa shape index (κ1) is 15.1. The van der Waals surface area contributed by atoms with Crippen molar-refractivity contribution in [2.24, 2.45) is 14.1 Å². The molecule has 25 heavy (non-hydrogen) atoms. The van der Waals surface area contributed by atoms with E-state index < -0.39 is 11.2 Å². The van der Waals surface area contributed by atoms with Gasteiger partial charge < -0.3 is 0 Å². The van der Waals surface area contributed by atoms with Crippen LogP contribution in [0.25, 0.3) is 17.1 Å². The third kappa shape index (κ3) is 2.28. The molecule has 0 radical (unpaired) electrons. The van der Waals surface area contributed by atoms with Crippen molar-refractivity contribution in [3.8, 4) is 5.95 Å². The van der Waals surface area contributed by atoms with Crippen LogP contribution < -0.4 is 11.2 Å². The molecule has 0 aliphatic heterocycles. The van der Waals surface area contributed by atoms with Crippen LogP contribution in [0.4, 0.5) is 0 Å². The molecule has 0 fully saturated rings. The van der Waals surface area contributed by atoms with Gasteiger partial charge in [0, 0.05) is 14.1 Å². The number of hydrogen-bond acceptors (Lipinski definition) is 5. The highest BCUT2D eigenvalue weighted by Gasteiger charge is 2.20. The van der Waals surface area contributed by atoms with Crippen molar-refractivity contribution in [2.75, 3.05) is 0 Å². The lowest BCUT2D eigenvalue weighted by Gasteiger charge is -2.09. The zero-order chi connectivity index (χ0) is 17.6. The van der Waals surface area contributed by atoms with E-state index in [9.17, 15) is 9.59 Å². The average Bonchev–Trinajstić information content (AvgIpc) is 3.27. The summed E-state index contributed by atoms with van der Waals surface area (Å²) < 4.78 is 5.67. The number of aryl methyl sites for hydroxylation is 1. The zero-order valence-electron chi connectivity index (χ0n) is 13.7. The first-order chi connectivity index (χ1) is 12.1. The molecule has 0 aliphatic rings. The zero-order valence-corrected chi connectivity index (χ0v) is 13.7. The van der Waals surface area contributed by atoms with E-state index in [-0.39, 0.29) is 0 Å². The van der Waals surface area contributed by atoms with Crippen molar-refractivity contribution in [1.29, 1.82) is 0 Å². The maximum Gasteiger partial charge on any atom is 0.332 e. The molecular formula is C16H15N7O2. The summed E-state index contributed by atoms with van der Waals surface area (Å²) in [5.41, 5.74) is 0.840. The molecule has 0 saturated carbocycles. The molecule has 9 nitrogen and oxygen atoms in total. The largest absolute Gasteiger partial charge is 0.332 e. The molecule has 0 unspecified atom stereocenters. The van der Waals surface area contributed by atoms with Gasteiger partial charge in [-0.05, 0) is 5.56 Å². The summed E-state index contributed by atoms with van der Waals surface area (Å²) in [6, 6.07) is 9.71. The SMILES string of the molecule is Cn1c(=O)c2c(nc(-n3cncn3)n2Cc2ccccc2)n(C)c1=O. The number of nitrogens with zero attached hydrogens (tertiary/aromatic N) is 7. The van der Waals surface area contributed by atoms with E-state index in [1.54, 1.807) is 11.6 Å². The molecule has 4 aromatic rings. The van der Waals surface area contributed by atoms with Gasteiger partial charge in [0.15, 0.2) is 11.2 Å². The molecule has 9 heteroatoms. The normalized spacial score (nSPS) is 11.3. The van der Waals surface area contributed by atoms with Crippen LogP contribution in [0.2, 0.25) is 0 Å². The number of aromatic nitrogens is 7. The molecule has 3 heterocycles. The summed E-state index contributed by atoms with van der Waals surface area (Å²) in [7, 11) is 3.05. The van der Waals surface area contributed by atoms with Gasteiger partial charge in [0.1, 0.15) is 12.7 Å². The van der Waals surface area contributed by atoms with Crippen molar-refractivity contribution in [1.82, 2.24) is 33.4 Å². The van der Waals surface area contributed by atoms with Crippen LogP contribution in [0.5, 0.6) is 0 Å². The van der Waals surface area contributed by atoms with Gasteiger partial charge in [0.25, 0.3) is 5.56 Å². The van der Waals surface area contributed by atoms with E-state index in [2.05, 4.69) is 15.1 Å². The van der Waals surface area contributed by atoms with Crippen molar-refractivity contribution in [2.45, 2.75) is 6.54 Å². The molecule has 3 aromatic heterocycles. The van der Waals surface area contributed by atoms with Gasteiger partial charge in [0.05, 0.1) is 6.54 Å². The van der Waals surface area contributed by atoms with Crippen LogP contribution in [-0.4, -0.2) is 33.4 Å². The van der Waals surface area contributed by atoms with Crippen LogP contribution in [0.1, 0.15) is 5.56 Å². The van der Waals surface area contributed by atoms with Crippen molar-refractivity contribution >= 4 is 11.2 Å². The van der Waals surface area contributed by atoms with Gasteiger partial charge in [-0.25, -0.2) is 9.78 Å². The summed E-state index contributed by atoms with van der Waals surface area (Å²) in [6.45, 7) is 0.417. The number of hydrogen-bond donors (Lipinski definition) is 0. The Labute approximate surface area is 141 Å². The Bertz CT molecular complexity index is 1170. The van der Waals surface area contributed by atoms with Gasteiger partial charge in [-0.3, -0.25) is 18.5 Å². The number of benzene rings is 1. The van der Waals surface area contributed by atoms with Crippen molar-refractivity contribution < 1.29 is 0 Å². The summed E-state index contributed by atoms with van der Waals surface area (Å²) >= 11 is 0. The standard InChI is InChI=1S/C16H15N7O2/c1-20-13-12(14(24)21(2)16(20)25)22(8-11-6-4-3-5-7-11)15(19-13)23-10-17-9-18-23/h3-7,9-10H,8H2,1-2H3. The summed E-state index contributed by atoms with van der Waals surface area (Å²) in [6.07, 6.45) is 2.90. The summed E-state index contributed by atoms with van der Waals surface area (Å²) in [4.78, 5) is 33.4. The predicted molar refractivity (Wildman–Crippen MR) is 90.7 cm³/mol. The molecule has 1 aromatic carbocycles. The number of rotatable bonds is 3. The van der Waals surface area contributed by atoms with Crippen LogP contribution in [0.3, 0.4) is 0 Å². The van der Waals surface area contributed by atoms with Crippen molar-refractivity contribution in [3.05, 3.63) is 69.4 Å². The molecule has 0 N–H and O–H groups in total. The quantitative estimate of drug-likeness (QED) is 0.527. The molecule has 0 amide bonds. The predicted octanol–water partition coefficient (Wildman–Crippen LogP) is 0.0627. The topological polar surface area (TPSA) is 92.5 Å². The van der Waals surface area contributed by atoms with Gasteiger partial charge in [-0.15, -0.1) is 0 Å². The van der Waals surface area contributed by atoms with Crippen LogP contribution in [-0.2, 0) is 20.6 Å². The Morgan fingerprint density at radius 3 is 2.48 bits per heavy atom. The van der Waals surface area contributed by atoms with Gasteiger partial charge >= 0.3 is 5.69 Å². The lowest BCUT2D eigenvalue weighted by atomic mass is 10.2. The van der Waals surface area contributed by atoms with Crippen LogP contribution >= 0.6 is 0 Å². The van der Waals surface area contributed by atoms with E-state index in [1.807, 2.05) is 30.3 Å². The van der Waals surface area contributed by atoms with Gasteiger partial charge in [-0.2, -0.15) is 14.8 Å². The minimum absolute atomic E-state index is 0.314. The fourth-order valence-electron chi connectivity index (χ4n) is 2.84. The minimum atomic E-state index is -0.424. The molecule has 0 bridgehead atoms. The number of imidazole rings is 1. The fourth-order valence-corrected chi connectivity index (χ4v) is 2.84. The average molecular weight is 337 g/mol. The van der Waals surface area contributed by atoms with Crippen LogP contribution in [0.15, 0.2) is 52.6 Å². The van der Waals surface area contributed by atoms with E-state index >= 15 is 0 Å². The Balaban J connectivity index is 2.09. The van der Waals surface area contributed by atoms with E-state index in [0.717, 1.165) is 10.1 Å². The third-order valence-electron chi connectivity index (χ3n) is 4.13. The molecule has 126 valence electrons. The van der Waals surface area contributed by atoms with Gasteiger partial charge in [0.2, 0.25) is 5.95 Å². The second-order valence-corrected chi connectivity index (χ2v) is 5.70. The highest BCUT2D eigenvalue weighted by atomic mass is 16.2. The maximum absolute atomic E-state index is 12.7. The fraction of sp³-hybridized carbons (Fsp3) is 0.188. The smallest absolute Gasteiger partial charge is 0.298 e. The molecular weight excluding hydrogens is 322 g/mol. The van der Waals surface area contributed by atoms with E-state index in [0.29, 0.717) is 23.7 Å². The lowest BCUT2D eigenvalue weighted by molar-refractivity contribution is 0.696. The van der Waals surface area contributed by atoms with Crippen LogP contribution in [0, 0.1) is 0 Å². The first-order valence-electron chi connectivity index (χ1n) is 7.63. The number of fused-ring (bicyclic) bond motifs is 1. The maximum atomic E-state index is 12.7. The second-order valence-electron chi connectivity index (χ2n) is 5.70. The summed E-state index contributed by atoms with van der Waals surface area (Å²) in [5, 5.41) is 4.11. The third-order valence-corrected chi connectivity index (χ3v) is 4.13. The Morgan fingerprint density at radius 1 is 1.04 bits per heavy atom. The first-order valence-corrected chi connectivity index (χ1v) is 7.63. The van der Waals surface area contributed by atoms with E-state index in [1.165, 1.54) is 29.0 Å². The van der Waals surface area contributed by atoms with Crippen molar-refractivity contribution in [3.63, 3.8) is 0 Å². The highest BCUT2D eigenvalue weighted by molar-refractivity contribution is 5.72. The monoisotopic (exact) mass is 337 g/mol. The van der Waals surface area contributed by atoms with E-state index in [4.69, 9.17) is 0 Å². The van der Waals surface area contributed by atoms with Gasteiger partial charge in [-0.1, -0.05) is 30.3 Å². The molecule has 4 rings (SSSR count). The molecule has 0 atom stereocenters. The highest BCUT2D eigenvalue weighted by Crippen LogP contribution is 2.16. The Morgan fingerprint density at radius 2 is 1.80 bits per heavy atom. The minimum Gasteiger partial charge on any atom is -0.298 e. The molecule has 0 saturated heterocycles. The Hall–Kier alpha value is -3.49.